The minimum Gasteiger partial charge on any atom is -0.292 e. The molecule has 24 heavy (non-hydrogen) atoms. The Labute approximate surface area is 151 Å². The van der Waals surface area contributed by atoms with Gasteiger partial charge in [0.1, 0.15) is 11.6 Å². The van der Waals surface area contributed by atoms with Crippen LogP contribution in [-0.2, 0) is 6.54 Å². The van der Waals surface area contributed by atoms with Gasteiger partial charge in [0.05, 0.1) is 11.2 Å². The van der Waals surface area contributed by atoms with Crippen molar-refractivity contribution < 1.29 is 4.79 Å². The van der Waals surface area contributed by atoms with Crippen molar-refractivity contribution >= 4 is 29.0 Å². The van der Waals surface area contributed by atoms with Crippen LogP contribution in [0.1, 0.15) is 61.0 Å². The van der Waals surface area contributed by atoms with Gasteiger partial charge in [-0.3, -0.25) is 9.59 Å². The quantitative estimate of drug-likeness (QED) is 0.721. The highest BCUT2D eigenvalue weighted by molar-refractivity contribution is 6.41. The van der Waals surface area contributed by atoms with Crippen LogP contribution in [0.25, 0.3) is 0 Å². The SMILES string of the molecule is CC(C)c1ccc(C(=O)Cn2ncc(Cl)c(Cl)c2=O)c(C(C)C)c1. The number of carbonyl (C=O) groups excluding carboxylic acids is 1. The Hall–Kier alpha value is -1.65. The second-order valence-corrected chi connectivity index (χ2v) is 7.13. The van der Waals surface area contributed by atoms with Crippen molar-refractivity contribution in [1.82, 2.24) is 9.78 Å². The van der Waals surface area contributed by atoms with E-state index in [-0.39, 0.29) is 28.3 Å². The molecule has 0 aliphatic heterocycles. The van der Waals surface area contributed by atoms with Crippen LogP contribution in [-0.4, -0.2) is 15.6 Å². The minimum absolute atomic E-state index is 0.0783. The monoisotopic (exact) mass is 366 g/mol. The molecule has 1 heterocycles. The molecule has 0 atom stereocenters. The van der Waals surface area contributed by atoms with Crippen LogP contribution in [0.15, 0.2) is 29.2 Å². The number of benzene rings is 1. The topological polar surface area (TPSA) is 52.0 Å². The molecule has 6 heteroatoms. The zero-order valence-electron chi connectivity index (χ0n) is 14.1. The van der Waals surface area contributed by atoms with Crippen LogP contribution in [0.4, 0.5) is 0 Å². The third-order valence-electron chi connectivity index (χ3n) is 3.90. The molecule has 0 radical (unpaired) electrons. The van der Waals surface area contributed by atoms with Gasteiger partial charge >= 0.3 is 0 Å². The number of carbonyl (C=O) groups is 1. The van der Waals surface area contributed by atoms with Gasteiger partial charge in [0.15, 0.2) is 5.78 Å². The van der Waals surface area contributed by atoms with Crippen LogP contribution in [0.5, 0.6) is 0 Å². The molecule has 2 rings (SSSR count). The van der Waals surface area contributed by atoms with Crippen molar-refractivity contribution in [3.63, 3.8) is 0 Å². The molecule has 1 aromatic heterocycles. The fourth-order valence-electron chi connectivity index (χ4n) is 2.45. The first-order chi connectivity index (χ1) is 11.2. The average Bonchev–Trinajstić information content (AvgIpc) is 2.54. The second kappa shape index (κ2) is 7.49. The summed E-state index contributed by atoms with van der Waals surface area (Å²) in [7, 11) is 0. The number of halogens is 2. The van der Waals surface area contributed by atoms with Crippen molar-refractivity contribution in [2.75, 3.05) is 0 Å². The van der Waals surface area contributed by atoms with Crippen LogP contribution in [0, 0.1) is 0 Å². The average molecular weight is 367 g/mol. The minimum atomic E-state index is -0.567. The van der Waals surface area contributed by atoms with Crippen molar-refractivity contribution in [3.05, 3.63) is 61.5 Å². The number of nitrogens with zero attached hydrogens (tertiary/aromatic N) is 2. The van der Waals surface area contributed by atoms with E-state index in [1.54, 1.807) is 0 Å². The van der Waals surface area contributed by atoms with Crippen molar-refractivity contribution in [1.29, 1.82) is 0 Å². The number of hydrogen-bond acceptors (Lipinski definition) is 3. The first-order valence-corrected chi connectivity index (χ1v) is 8.56. The van der Waals surface area contributed by atoms with Gasteiger partial charge in [0.25, 0.3) is 5.56 Å². The van der Waals surface area contributed by atoms with Gasteiger partial charge < -0.3 is 0 Å². The summed E-state index contributed by atoms with van der Waals surface area (Å²) in [6, 6.07) is 5.85. The summed E-state index contributed by atoms with van der Waals surface area (Å²) in [5, 5.41) is 3.84. The van der Waals surface area contributed by atoms with Gasteiger partial charge in [-0.2, -0.15) is 5.10 Å². The third-order valence-corrected chi connectivity index (χ3v) is 4.65. The highest BCUT2D eigenvalue weighted by Crippen LogP contribution is 2.25. The van der Waals surface area contributed by atoms with Gasteiger partial charge in [-0.25, -0.2) is 4.68 Å². The van der Waals surface area contributed by atoms with Crippen LogP contribution >= 0.6 is 23.2 Å². The maximum atomic E-state index is 12.7. The van der Waals surface area contributed by atoms with Crippen LogP contribution in [0.3, 0.4) is 0 Å². The third kappa shape index (κ3) is 3.87. The zero-order chi connectivity index (χ0) is 18.0. The molecule has 0 aliphatic rings. The van der Waals surface area contributed by atoms with E-state index >= 15 is 0 Å². The lowest BCUT2D eigenvalue weighted by molar-refractivity contribution is 0.0964. The lowest BCUT2D eigenvalue weighted by Gasteiger charge is -2.16. The number of Topliss-reactive ketones (excluding diaryl/α,β-unsaturated/α-hetero) is 1. The molecule has 0 bridgehead atoms. The maximum Gasteiger partial charge on any atom is 0.287 e. The summed E-state index contributed by atoms with van der Waals surface area (Å²) < 4.78 is 1.04. The summed E-state index contributed by atoms with van der Waals surface area (Å²) in [5.41, 5.74) is 2.19. The first kappa shape index (κ1) is 18.7. The number of ketones is 1. The summed E-state index contributed by atoms with van der Waals surface area (Å²) in [5.74, 6) is 0.397. The number of hydrogen-bond donors (Lipinski definition) is 0. The second-order valence-electron chi connectivity index (χ2n) is 6.35. The van der Waals surface area contributed by atoms with E-state index in [0.717, 1.165) is 10.2 Å². The van der Waals surface area contributed by atoms with Gasteiger partial charge in [-0.15, -0.1) is 0 Å². The lowest BCUT2D eigenvalue weighted by atomic mass is 9.90. The molecule has 0 fully saturated rings. The summed E-state index contributed by atoms with van der Waals surface area (Å²) in [6.45, 7) is 8.14. The van der Waals surface area contributed by atoms with Gasteiger partial charge in [0, 0.05) is 5.56 Å². The Kier molecular flexibility index (Phi) is 5.83. The fraction of sp³-hybridized carbons (Fsp3) is 0.389. The molecular formula is C18H20Cl2N2O2. The summed E-state index contributed by atoms with van der Waals surface area (Å²) in [4.78, 5) is 24.7. The molecule has 0 aliphatic carbocycles. The fourth-order valence-corrected chi connectivity index (χ4v) is 2.72. The van der Waals surface area contributed by atoms with E-state index < -0.39 is 5.56 Å². The molecule has 0 spiro atoms. The van der Waals surface area contributed by atoms with Crippen LogP contribution < -0.4 is 5.56 Å². The number of rotatable bonds is 5. The lowest BCUT2D eigenvalue weighted by Crippen LogP contribution is -2.27. The van der Waals surface area contributed by atoms with Crippen molar-refractivity contribution in [3.8, 4) is 0 Å². The Morgan fingerprint density at radius 1 is 1.17 bits per heavy atom. The Morgan fingerprint density at radius 3 is 2.42 bits per heavy atom. The molecule has 0 saturated heterocycles. The van der Waals surface area contributed by atoms with E-state index in [0.29, 0.717) is 11.5 Å². The Morgan fingerprint density at radius 2 is 1.83 bits per heavy atom. The summed E-state index contributed by atoms with van der Waals surface area (Å²) in [6.07, 6.45) is 1.27. The number of aromatic nitrogens is 2. The van der Waals surface area contributed by atoms with E-state index in [1.807, 2.05) is 26.0 Å². The Bertz CT molecular complexity index is 826. The highest BCUT2D eigenvalue weighted by Gasteiger charge is 2.18. The molecule has 2 aromatic rings. The van der Waals surface area contributed by atoms with Gasteiger partial charge in [-0.1, -0.05) is 69.1 Å². The van der Waals surface area contributed by atoms with Crippen molar-refractivity contribution in [2.24, 2.45) is 0 Å². The summed E-state index contributed by atoms with van der Waals surface area (Å²) >= 11 is 11.6. The van der Waals surface area contributed by atoms with Gasteiger partial charge in [-0.05, 0) is 23.0 Å². The van der Waals surface area contributed by atoms with Crippen molar-refractivity contribution in [2.45, 2.75) is 46.1 Å². The maximum absolute atomic E-state index is 12.7. The predicted octanol–water partition coefficient (Wildman–Crippen LogP) is 4.68. The molecule has 1 aromatic carbocycles. The zero-order valence-corrected chi connectivity index (χ0v) is 15.6. The molecule has 128 valence electrons. The smallest absolute Gasteiger partial charge is 0.287 e. The van der Waals surface area contributed by atoms with E-state index in [2.05, 4.69) is 25.0 Å². The van der Waals surface area contributed by atoms with Crippen LogP contribution in [0.2, 0.25) is 10.0 Å². The molecule has 0 unspecified atom stereocenters. The van der Waals surface area contributed by atoms with E-state index in [1.165, 1.54) is 11.8 Å². The molecular weight excluding hydrogens is 347 g/mol. The van der Waals surface area contributed by atoms with E-state index in [4.69, 9.17) is 23.2 Å². The van der Waals surface area contributed by atoms with E-state index in [9.17, 15) is 9.59 Å². The predicted molar refractivity (Wildman–Crippen MR) is 97.5 cm³/mol. The van der Waals surface area contributed by atoms with Gasteiger partial charge in [0.2, 0.25) is 0 Å². The standard InChI is InChI=1S/C18H20Cl2N2O2/c1-10(2)12-5-6-13(14(7-12)11(3)4)16(23)9-22-18(24)17(20)15(19)8-21-22/h5-8,10-11H,9H2,1-4H3. The Balaban J connectivity index is 2.40. The largest absolute Gasteiger partial charge is 0.292 e. The molecule has 0 N–H and O–H groups in total. The normalized spacial score (nSPS) is 11.3. The highest BCUT2D eigenvalue weighted by atomic mass is 35.5. The molecule has 4 nitrogen and oxygen atoms in total. The molecule has 0 amide bonds. The first-order valence-electron chi connectivity index (χ1n) is 7.80. The molecule has 0 saturated carbocycles.